The molecule has 0 aliphatic heterocycles. The Hall–Kier alpha value is -2.83. The summed E-state index contributed by atoms with van der Waals surface area (Å²) in [5.74, 6) is 0. The van der Waals surface area contributed by atoms with Crippen LogP contribution in [0.3, 0.4) is 0 Å². The lowest BCUT2D eigenvalue weighted by atomic mass is 9.68. The van der Waals surface area contributed by atoms with Crippen LogP contribution in [0.15, 0.2) is 78.9 Å². The molecule has 1 spiro atoms. The lowest BCUT2D eigenvalue weighted by Crippen LogP contribution is -2.28. The van der Waals surface area contributed by atoms with Crippen molar-refractivity contribution >= 4 is 11.6 Å². The summed E-state index contributed by atoms with van der Waals surface area (Å²) in [6.45, 7) is 4.72. The monoisotopic (exact) mass is 460 g/mol. The summed E-state index contributed by atoms with van der Waals surface area (Å²) in [6.07, 6.45) is 6.41. The van der Waals surface area contributed by atoms with Crippen LogP contribution in [-0.4, -0.2) is 0 Å². The van der Waals surface area contributed by atoms with Crippen molar-refractivity contribution in [1.82, 2.24) is 0 Å². The lowest BCUT2D eigenvalue weighted by Gasteiger charge is -2.36. The fourth-order valence-corrected chi connectivity index (χ4v) is 7.41. The van der Waals surface area contributed by atoms with E-state index in [2.05, 4.69) is 92.7 Å². The van der Waals surface area contributed by atoms with Crippen molar-refractivity contribution in [3.05, 3.63) is 106 Å². The van der Waals surface area contributed by atoms with Gasteiger partial charge in [-0.1, -0.05) is 99.3 Å². The molecule has 0 unspecified atom stereocenters. The van der Waals surface area contributed by atoms with E-state index in [-0.39, 0.29) is 10.8 Å². The zero-order valence-corrected chi connectivity index (χ0v) is 20.7. The predicted molar refractivity (Wildman–Crippen MR) is 144 cm³/mol. The molecule has 1 saturated carbocycles. The van der Waals surface area contributed by atoms with Crippen molar-refractivity contribution in [1.29, 1.82) is 0 Å². The first-order chi connectivity index (χ1) is 16.5. The molecule has 4 aromatic carbocycles. The zero-order valence-electron chi connectivity index (χ0n) is 19.9. The van der Waals surface area contributed by atoms with Crippen LogP contribution in [0.1, 0.15) is 68.2 Å². The number of benzene rings is 4. The van der Waals surface area contributed by atoms with E-state index < -0.39 is 0 Å². The summed E-state index contributed by atoms with van der Waals surface area (Å²) in [5, 5.41) is 0.858. The predicted octanol–water partition coefficient (Wildman–Crippen LogP) is 9.54. The van der Waals surface area contributed by atoms with Crippen LogP contribution in [0.5, 0.6) is 0 Å². The van der Waals surface area contributed by atoms with Crippen molar-refractivity contribution in [2.45, 2.75) is 56.8 Å². The number of hydrogen-bond donors (Lipinski definition) is 0. The average molecular weight is 461 g/mol. The maximum atomic E-state index is 6.52. The Morgan fingerprint density at radius 3 is 2.09 bits per heavy atom. The fraction of sp³-hybridized carbons (Fsp3) is 0.273. The first kappa shape index (κ1) is 20.5. The standard InChI is InChI=1S/C33H29Cl/c1-32(2)28-9-5-4-8-24(28)25-13-10-22(19-30(25)32)21-11-15-29-27(18-21)26-14-12-23(34)20-31(26)33(29)16-6-3-7-17-33/h4-5,8-15,18-20H,3,6-7,16-17H2,1-2H3. The van der Waals surface area contributed by atoms with Crippen LogP contribution in [0.25, 0.3) is 33.4 Å². The highest BCUT2D eigenvalue weighted by atomic mass is 35.5. The van der Waals surface area contributed by atoms with Crippen LogP contribution < -0.4 is 0 Å². The van der Waals surface area contributed by atoms with Gasteiger partial charge in [-0.25, -0.2) is 0 Å². The highest BCUT2D eigenvalue weighted by molar-refractivity contribution is 6.30. The second-order valence-corrected chi connectivity index (χ2v) is 11.5. The molecule has 0 amide bonds. The van der Waals surface area contributed by atoms with Gasteiger partial charge < -0.3 is 0 Å². The minimum absolute atomic E-state index is 0.0220. The topological polar surface area (TPSA) is 0 Å². The SMILES string of the molecule is CC1(C)c2ccccc2-c2ccc(-c3ccc4c(c3)-c3ccc(Cl)cc3C43CCCCC3)cc21. The molecule has 1 fully saturated rings. The van der Waals surface area contributed by atoms with E-state index >= 15 is 0 Å². The van der Waals surface area contributed by atoms with Gasteiger partial charge in [-0.2, -0.15) is 0 Å². The van der Waals surface area contributed by atoms with E-state index in [4.69, 9.17) is 11.6 Å². The Morgan fingerprint density at radius 2 is 1.24 bits per heavy atom. The van der Waals surface area contributed by atoms with Gasteiger partial charge in [0.1, 0.15) is 0 Å². The molecule has 34 heavy (non-hydrogen) atoms. The molecule has 0 bridgehead atoms. The summed E-state index contributed by atoms with van der Waals surface area (Å²) in [5.41, 5.74) is 14.2. The molecule has 4 aromatic rings. The molecular weight excluding hydrogens is 432 g/mol. The molecule has 7 rings (SSSR count). The largest absolute Gasteiger partial charge is 0.0843 e. The van der Waals surface area contributed by atoms with E-state index in [0.717, 1.165) is 5.02 Å². The Balaban J connectivity index is 1.38. The fourth-order valence-electron chi connectivity index (χ4n) is 7.23. The van der Waals surface area contributed by atoms with Crippen LogP contribution in [0, 0.1) is 0 Å². The molecule has 0 radical (unpaired) electrons. The summed E-state index contributed by atoms with van der Waals surface area (Å²) >= 11 is 6.52. The number of fused-ring (bicyclic) bond motifs is 8. The van der Waals surface area contributed by atoms with Crippen LogP contribution >= 0.6 is 11.6 Å². The second-order valence-electron chi connectivity index (χ2n) is 11.0. The van der Waals surface area contributed by atoms with Gasteiger partial charge in [0.15, 0.2) is 0 Å². The molecular formula is C33H29Cl. The van der Waals surface area contributed by atoms with E-state index in [9.17, 15) is 0 Å². The van der Waals surface area contributed by atoms with Gasteiger partial charge in [0.2, 0.25) is 0 Å². The minimum Gasteiger partial charge on any atom is -0.0843 e. The molecule has 0 heterocycles. The van der Waals surface area contributed by atoms with Gasteiger partial charge in [0.25, 0.3) is 0 Å². The van der Waals surface area contributed by atoms with Gasteiger partial charge >= 0.3 is 0 Å². The summed E-state index contributed by atoms with van der Waals surface area (Å²) in [6, 6.07) is 29.8. The first-order valence-corrected chi connectivity index (χ1v) is 13.1. The van der Waals surface area contributed by atoms with Gasteiger partial charge in [-0.15, -0.1) is 0 Å². The maximum Gasteiger partial charge on any atom is 0.0409 e. The van der Waals surface area contributed by atoms with Crippen molar-refractivity contribution in [3.63, 3.8) is 0 Å². The third kappa shape index (κ3) is 2.67. The van der Waals surface area contributed by atoms with E-state index in [1.165, 1.54) is 87.7 Å². The summed E-state index contributed by atoms with van der Waals surface area (Å²) in [4.78, 5) is 0. The third-order valence-corrected chi connectivity index (χ3v) is 9.18. The molecule has 3 aliphatic carbocycles. The van der Waals surface area contributed by atoms with Gasteiger partial charge in [-0.3, -0.25) is 0 Å². The minimum atomic E-state index is 0.0220. The Morgan fingerprint density at radius 1 is 0.559 bits per heavy atom. The molecule has 0 nitrogen and oxygen atoms in total. The quantitative estimate of drug-likeness (QED) is 0.265. The highest BCUT2D eigenvalue weighted by Gasteiger charge is 2.44. The second kappa shape index (κ2) is 7.09. The van der Waals surface area contributed by atoms with E-state index in [0.29, 0.717) is 0 Å². The van der Waals surface area contributed by atoms with Crippen molar-refractivity contribution in [3.8, 4) is 33.4 Å². The molecule has 1 heteroatoms. The molecule has 0 aromatic heterocycles. The van der Waals surface area contributed by atoms with Crippen molar-refractivity contribution in [2.24, 2.45) is 0 Å². The smallest absolute Gasteiger partial charge is 0.0409 e. The number of halogens is 1. The van der Waals surface area contributed by atoms with E-state index in [1.807, 2.05) is 0 Å². The highest BCUT2D eigenvalue weighted by Crippen LogP contribution is 2.57. The molecule has 0 saturated heterocycles. The van der Waals surface area contributed by atoms with Crippen LogP contribution in [0.2, 0.25) is 5.02 Å². The Kier molecular flexibility index (Phi) is 4.28. The normalized spacial score (nSPS) is 18.3. The maximum absolute atomic E-state index is 6.52. The lowest BCUT2D eigenvalue weighted by molar-refractivity contribution is 0.353. The van der Waals surface area contributed by atoms with E-state index in [1.54, 1.807) is 0 Å². The van der Waals surface area contributed by atoms with Gasteiger partial charge in [-0.05, 0) is 92.7 Å². The molecule has 168 valence electrons. The molecule has 0 N–H and O–H groups in total. The van der Waals surface area contributed by atoms with Gasteiger partial charge in [0, 0.05) is 15.9 Å². The van der Waals surface area contributed by atoms with Crippen LogP contribution in [-0.2, 0) is 10.8 Å². The van der Waals surface area contributed by atoms with Crippen LogP contribution in [0.4, 0.5) is 0 Å². The summed E-state index contributed by atoms with van der Waals surface area (Å²) in [7, 11) is 0. The summed E-state index contributed by atoms with van der Waals surface area (Å²) < 4.78 is 0. The Labute approximate surface area is 207 Å². The Bertz CT molecular complexity index is 1470. The van der Waals surface area contributed by atoms with Gasteiger partial charge in [0.05, 0.1) is 0 Å². The number of hydrogen-bond acceptors (Lipinski definition) is 0. The molecule has 3 aliphatic rings. The zero-order chi connectivity index (χ0) is 23.1. The first-order valence-electron chi connectivity index (χ1n) is 12.7. The van der Waals surface area contributed by atoms with Crippen molar-refractivity contribution < 1.29 is 0 Å². The number of rotatable bonds is 1. The average Bonchev–Trinajstić information content (AvgIpc) is 3.25. The third-order valence-electron chi connectivity index (χ3n) is 8.95. The molecule has 0 atom stereocenters. The van der Waals surface area contributed by atoms with Crippen molar-refractivity contribution in [2.75, 3.05) is 0 Å².